The molecule has 2 N–H and O–H groups in total. The summed E-state index contributed by atoms with van der Waals surface area (Å²) in [7, 11) is 0. The van der Waals surface area contributed by atoms with Crippen LogP contribution in [0.25, 0.3) is 0 Å². The molecule has 0 amide bonds. The number of ketones is 1. The first-order valence-corrected chi connectivity index (χ1v) is 5.51. The second-order valence-corrected chi connectivity index (χ2v) is 4.29. The highest BCUT2D eigenvalue weighted by molar-refractivity contribution is 7.12. The molecule has 76 valence electrons. The summed E-state index contributed by atoms with van der Waals surface area (Å²) in [5.74, 6) is 0.00574. The molecule has 2 aromatic rings. The van der Waals surface area contributed by atoms with Crippen LogP contribution >= 0.6 is 11.3 Å². The van der Waals surface area contributed by atoms with Gasteiger partial charge in [-0.1, -0.05) is 18.2 Å². The van der Waals surface area contributed by atoms with Gasteiger partial charge in [-0.15, -0.1) is 11.3 Å². The fourth-order valence-corrected chi connectivity index (χ4v) is 2.10. The zero-order chi connectivity index (χ0) is 10.8. The maximum atomic E-state index is 12.0. The van der Waals surface area contributed by atoms with E-state index in [0.29, 0.717) is 11.3 Å². The van der Waals surface area contributed by atoms with Crippen molar-refractivity contribution in [2.24, 2.45) is 0 Å². The Morgan fingerprint density at radius 3 is 2.73 bits per heavy atom. The minimum atomic E-state index is 0.00574. The summed E-state index contributed by atoms with van der Waals surface area (Å²) in [6, 6.07) is 9.20. The smallest absolute Gasteiger partial charge is 0.205 e. The van der Waals surface area contributed by atoms with E-state index in [9.17, 15) is 4.79 Å². The van der Waals surface area contributed by atoms with Gasteiger partial charge in [-0.2, -0.15) is 0 Å². The molecule has 0 aliphatic carbocycles. The molecule has 0 radical (unpaired) electrons. The Labute approximate surface area is 92.4 Å². The average molecular weight is 217 g/mol. The lowest BCUT2D eigenvalue weighted by Crippen LogP contribution is -2.04. The van der Waals surface area contributed by atoms with Gasteiger partial charge in [-0.05, 0) is 30.0 Å². The van der Waals surface area contributed by atoms with Gasteiger partial charge in [0.2, 0.25) is 5.78 Å². The van der Waals surface area contributed by atoms with Crippen LogP contribution in [-0.4, -0.2) is 5.78 Å². The van der Waals surface area contributed by atoms with Crippen molar-refractivity contribution in [3.05, 3.63) is 51.7 Å². The molecule has 1 heterocycles. The summed E-state index contributed by atoms with van der Waals surface area (Å²) in [6.07, 6.45) is 0. The normalized spacial score (nSPS) is 10.2. The third-order valence-electron chi connectivity index (χ3n) is 2.31. The second-order valence-electron chi connectivity index (χ2n) is 3.34. The third-order valence-corrected chi connectivity index (χ3v) is 3.18. The molecule has 0 unspecified atom stereocenters. The molecule has 0 bridgehead atoms. The van der Waals surface area contributed by atoms with E-state index in [-0.39, 0.29) is 5.78 Å². The van der Waals surface area contributed by atoms with Crippen molar-refractivity contribution >= 4 is 22.8 Å². The predicted octanol–water partition coefficient (Wildman–Crippen LogP) is 2.87. The predicted molar refractivity (Wildman–Crippen MR) is 63.3 cm³/mol. The Kier molecular flexibility index (Phi) is 2.56. The number of aryl methyl sites for hydroxylation is 1. The Balaban J connectivity index is 2.47. The molecule has 1 aromatic heterocycles. The molecule has 0 fully saturated rings. The number of thiophene rings is 1. The molecule has 15 heavy (non-hydrogen) atoms. The van der Waals surface area contributed by atoms with E-state index in [0.717, 1.165) is 10.4 Å². The summed E-state index contributed by atoms with van der Waals surface area (Å²) in [5.41, 5.74) is 7.99. The molecule has 0 spiro atoms. The second kappa shape index (κ2) is 3.87. The number of para-hydroxylation sites is 1. The van der Waals surface area contributed by atoms with Crippen LogP contribution in [0.15, 0.2) is 35.7 Å². The van der Waals surface area contributed by atoms with Crippen molar-refractivity contribution in [2.45, 2.75) is 6.92 Å². The fourth-order valence-electron chi connectivity index (χ4n) is 1.42. The quantitative estimate of drug-likeness (QED) is 0.621. The van der Waals surface area contributed by atoms with Gasteiger partial charge in [0.15, 0.2) is 0 Å². The molecule has 1 aromatic carbocycles. The van der Waals surface area contributed by atoms with Crippen molar-refractivity contribution in [1.82, 2.24) is 0 Å². The van der Waals surface area contributed by atoms with E-state index in [1.165, 1.54) is 11.3 Å². The van der Waals surface area contributed by atoms with Crippen LogP contribution < -0.4 is 5.73 Å². The van der Waals surface area contributed by atoms with Gasteiger partial charge in [-0.25, -0.2) is 0 Å². The van der Waals surface area contributed by atoms with Crippen LogP contribution in [-0.2, 0) is 0 Å². The highest BCUT2D eigenvalue weighted by Crippen LogP contribution is 2.22. The van der Waals surface area contributed by atoms with Crippen molar-refractivity contribution in [2.75, 3.05) is 5.73 Å². The number of benzene rings is 1. The van der Waals surface area contributed by atoms with E-state index < -0.39 is 0 Å². The van der Waals surface area contributed by atoms with Crippen LogP contribution in [0.1, 0.15) is 20.8 Å². The molecular formula is C12H11NOS. The summed E-state index contributed by atoms with van der Waals surface area (Å²) in [5, 5.41) is 1.89. The largest absolute Gasteiger partial charge is 0.398 e. The number of hydrogen-bond donors (Lipinski definition) is 1. The van der Waals surface area contributed by atoms with Gasteiger partial charge >= 0.3 is 0 Å². The minimum absolute atomic E-state index is 0.00574. The van der Waals surface area contributed by atoms with Crippen molar-refractivity contribution in [3.63, 3.8) is 0 Å². The maximum Gasteiger partial charge on any atom is 0.205 e. The number of rotatable bonds is 2. The van der Waals surface area contributed by atoms with Crippen LogP contribution in [0.5, 0.6) is 0 Å². The zero-order valence-corrected chi connectivity index (χ0v) is 9.17. The van der Waals surface area contributed by atoms with E-state index >= 15 is 0 Å². The first-order chi connectivity index (χ1) is 7.20. The Morgan fingerprint density at radius 2 is 2.07 bits per heavy atom. The molecule has 2 nitrogen and oxygen atoms in total. The molecule has 0 aliphatic heterocycles. The van der Waals surface area contributed by atoms with Crippen molar-refractivity contribution < 1.29 is 4.79 Å². The van der Waals surface area contributed by atoms with E-state index in [1.807, 2.05) is 36.6 Å². The van der Waals surface area contributed by atoms with Gasteiger partial charge < -0.3 is 5.73 Å². The molecule has 0 saturated heterocycles. The van der Waals surface area contributed by atoms with Crippen LogP contribution in [0.4, 0.5) is 5.69 Å². The highest BCUT2D eigenvalue weighted by Gasteiger charge is 2.13. The first-order valence-electron chi connectivity index (χ1n) is 4.63. The molecular weight excluding hydrogens is 206 g/mol. The Morgan fingerprint density at radius 1 is 1.27 bits per heavy atom. The third kappa shape index (κ3) is 1.78. The van der Waals surface area contributed by atoms with E-state index in [1.54, 1.807) is 6.07 Å². The average Bonchev–Trinajstić information content (AvgIpc) is 2.74. The Bertz CT molecular complexity index is 488. The van der Waals surface area contributed by atoms with Gasteiger partial charge in [0.05, 0.1) is 4.88 Å². The number of anilines is 1. The minimum Gasteiger partial charge on any atom is -0.398 e. The van der Waals surface area contributed by atoms with Gasteiger partial charge in [0.1, 0.15) is 0 Å². The first kappa shape index (κ1) is 9.93. The summed E-state index contributed by atoms with van der Waals surface area (Å²) in [4.78, 5) is 12.7. The lowest BCUT2D eigenvalue weighted by atomic mass is 10.0. The SMILES string of the molecule is Cc1cccc(C(=O)c2cccs2)c1N. The van der Waals surface area contributed by atoms with E-state index in [2.05, 4.69) is 0 Å². The monoisotopic (exact) mass is 217 g/mol. The number of hydrogen-bond acceptors (Lipinski definition) is 3. The molecule has 0 aliphatic rings. The van der Waals surface area contributed by atoms with Crippen LogP contribution in [0.2, 0.25) is 0 Å². The number of carbonyl (C=O) groups is 1. The van der Waals surface area contributed by atoms with Gasteiger partial charge in [0, 0.05) is 11.3 Å². The number of nitrogen functional groups attached to an aromatic ring is 1. The van der Waals surface area contributed by atoms with Crippen LogP contribution in [0, 0.1) is 6.92 Å². The summed E-state index contributed by atoms with van der Waals surface area (Å²) < 4.78 is 0. The van der Waals surface area contributed by atoms with E-state index in [4.69, 9.17) is 5.73 Å². The maximum absolute atomic E-state index is 12.0. The van der Waals surface area contributed by atoms with Crippen molar-refractivity contribution in [3.8, 4) is 0 Å². The van der Waals surface area contributed by atoms with Crippen LogP contribution in [0.3, 0.4) is 0 Å². The summed E-state index contributed by atoms with van der Waals surface area (Å²) >= 11 is 1.44. The van der Waals surface area contributed by atoms with Gasteiger partial charge in [0.25, 0.3) is 0 Å². The van der Waals surface area contributed by atoms with Crippen molar-refractivity contribution in [1.29, 1.82) is 0 Å². The number of carbonyl (C=O) groups excluding carboxylic acids is 1. The molecule has 0 atom stereocenters. The highest BCUT2D eigenvalue weighted by atomic mass is 32.1. The summed E-state index contributed by atoms with van der Waals surface area (Å²) in [6.45, 7) is 1.90. The molecule has 2 rings (SSSR count). The zero-order valence-electron chi connectivity index (χ0n) is 8.36. The number of nitrogens with two attached hydrogens (primary N) is 1. The fraction of sp³-hybridized carbons (Fsp3) is 0.0833. The lowest BCUT2D eigenvalue weighted by Gasteiger charge is -2.05. The molecule has 0 saturated carbocycles. The lowest BCUT2D eigenvalue weighted by molar-refractivity contribution is 0.104. The standard InChI is InChI=1S/C12H11NOS/c1-8-4-2-5-9(11(8)13)12(14)10-6-3-7-15-10/h2-7H,13H2,1H3. The topological polar surface area (TPSA) is 43.1 Å². The van der Waals surface area contributed by atoms with Gasteiger partial charge in [-0.3, -0.25) is 4.79 Å². The Hall–Kier alpha value is -1.61. The molecule has 3 heteroatoms.